The summed E-state index contributed by atoms with van der Waals surface area (Å²) in [6, 6.07) is 76.4. The van der Waals surface area contributed by atoms with Crippen LogP contribution in [0.5, 0.6) is 0 Å². The Balaban J connectivity index is 1.06. The van der Waals surface area contributed by atoms with Gasteiger partial charge in [-0.1, -0.05) is 200 Å². The molecule has 0 bridgehead atoms. The molecule has 0 aliphatic carbocycles. The summed E-state index contributed by atoms with van der Waals surface area (Å²) in [4.78, 5) is 0. The van der Waals surface area contributed by atoms with E-state index in [9.17, 15) is 2.74 Å². The first-order chi connectivity index (χ1) is 38.1. The standard InChI is InChI=1S/C66H45N3Si/c1-4-21-46(22-5-1)54-35-20-40-65-66(54)59-45-49(68-62-38-16-12-33-57(62)58-34-13-17-39-63(58)68)41-42-64(59)69(65)48-24-19-30-53(44-48)70(50-25-6-2-7-26-50,51-27-8-3-9-28-51)52-29-18-23-47(43-52)67-60-36-14-10-31-55(60)56-32-11-15-37-61(56)67/h1-45H/i12D,13D,16D,17D,33D,34D,38D,39D. The fourth-order valence-corrected chi connectivity index (χ4v) is 16.2. The van der Waals surface area contributed by atoms with Crippen LogP contribution in [0.4, 0.5) is 0 Å². The van der Waals surface area contributed by atoms with Gasteiger partial charge in [0.25, 0.3) is 0 Å². The highest BCUT2D eigenvalue weighted by Crippen LogP contribution is 2.41. The molecule has 328 valence electrons. The molecule has 3 heterocycles. The smallest absolute Gasteiger partial charge is 0.179 e. The molecule has 11 aromatic carbocycles. The van der Waals surface area contributed by atoms with Gasteiger partial charge >= 0.3 is 0 Å². The SMILES string of the molecule is [2H]c1c([2H])c([2H])c2c(c1[2H])c1c([2H])c([2H])c([2H])c([2H])c1n2-c1ccc2c(c1)c1c(-c3ccccc3)cccc1n2-c1cccc([Si](c2ccccc2)(c2ccccc2)c2cccc(-n3c4ccccc4c4ccccc43)c2)c1. The molecule has 3 aromatic heterocycles. The summed E-state index contributed by atoms with van der Waals surface area (Å²) in [5.41, 5.74) is 8.72. The van der Waals surface area contributed by atoms with Crippen molar-refractivity contribution in [3.05, 3.63) is 273 Å². The monoisotopic (exact) mass is 915 g/mol. The summed E-state index contributed by atoms with van der Waals surface area (Å²) < 4.78 is 78.0. The minimum absolute atomic E-state index is 0.0393. The van der Waals surface area contributed by atoms with Crippen molar-refractivity contribution in [3.8, 4) is 28.2 Å². The molecule has 0 saturated heterocycles. The molecule has 0 N–H and O–H groups in total. The maximum atomic E-state index is 9.29. The Bertz CT molecular complexity index is 4610. The molecule has 4 heteroatoms. The van der Waals surface area contributed by atoms with E-state index in [1.54, 1.807) is 4.57 Å². The van der Waals surface area contributed by atoms with E-state index in [-0.39, 0.29) is 46.0 Å². The minimum atomic E-state index is -3.21. The zero-order chi connectivity index (χ0) is 53.1. The molecule has 0 unspecified atom stereocenters. The largest absolute Gasteiger partial charge is 0.309 e. The van der Waals surface area contributed by atoms with Gasteiger partial charge in [0, 0.05) is 49.4 Å². The van der Waals surface area contributed by atoms with Crippen molar-refractivity contribution in [2.75, 3.05) is 0 Å². The molecule has 0 spiro atoms. The van der Waals surface area contributed by atoms with E-state index >= 15 is 0 Å². The first kappa shape index (κ1) is 32.7. The van der Waals surface area contributed by atoms with Gasteiger partial charge in [-0.25, -0.2) is 0 Å². The van der Waals surface area contributed by atoms with Gasteiger partial charge in [0.1, 0.15) is 0 Å². The van der Waals surface area contributed by atoms with Gasteiger partial charge in [-0.05, 0) is 105 Å². The summed E-state index contributed by atoms with van der Waals surface area (Å²) in [5, 5.41) is 9.13. The van der Waals surface area contributed by atoms with Crippen LogP contribution in [0.15, 0.2) is 273 Å². The summed E-state index contributed by atoms with van der Waals surface area (Å²) in [6.07, 6.45) is 0. The van der Waals surface area contributed by atoms with Crippen LogP contribution >= 0.6 is 0 Å². The average Bonchev–Trinajstić information content (AvgIpc) is 4.32. The molecule has 3 nitrogen and oxygen atoms in total. The van der Waals surface area contributed by atoms with Crippen LogP contribution in [0.1, 0.15) is 11.0 Å². The van der Waals surface area contributed by atoms with Gasteiger partial charge in [-0.2, -0.15) is 0 Å². The van der Waals surface area contributed by atoms with Gasteiger partial charge in [-0.15, -0.1) is 0 Å². The van der Waals surface area contributed by atoms with Crippen molar-refractivity contribution < 1.29 is 11.0 Å². The van der Waals surface area contributed by atoms with Crippen LogP contribution in [0.2, 0.25) is 0 Å². The van der Waals surface area contributed by atoms with Crippen LogP contribution in [0, 0.1) is 0 Å². The van der Waals surface area contributed by atoms with Gasteiger partial charge in [0.2, 0.25) is 0 Å². The van der Waals surface area contributed by atoms with Crippen LogP contribution < -0.4 is 20.7 Å². The molecular formula is C66H45N3Si. The van der Waals surface area contributed by atoms with Crippen molar-refractivity contribution in [2.45, 2.75) is 0 Å². The highest BCUT2D eigenvalue weighted by Gasteiger charge is 2.42. The van der Waals surface area contributed by atoms with Crippen molar-refractivity contribution in [1.82, 2.24) is 13.7 Å². The van der Waals surface area contributed by atoms with E-state index < -0.39 is 32.2 Å². The maximum absolute atomic E-state index is 9.29. The number of rotatable bonds is 8. The van der Waals surface area contributed by atoms with Crippen molar-refractivity contribution >= 4 is 94.2 Å². The average molecular weight is 916 g/mol. The van der Waals surface area contributed by atoms with Crippen LogP contribution in [0.3, 0.4) is 0 Å². The Labute approximate surface area is 418 Å². The molecule has 70 heavy (non-hydrogen) atoms. The van der Waals surface area contributed by atoms with Crippen molar-refractivity contribution in [1.29, 1.82) is 0 Å². The molecule has 0 fully saturated rings. The quantitative estimate of drug-likeness (QED) is 0.107. The lowest BCUT2D eigenvalue weighted by Crippen LogP contribution is -2.74. The number of hydrogen-bond acceptors (Lipinski definition) is 0. The van der Waals surface area contributed by atoms with Gasteiger partial charge in [-0.3, -0.25) is 0 Å². The molecule has 0 atom stereocenters. The lowest BCUT2D eigenvalue weighted by atomic mass is 9.99. The van der Waals surface area contributed by atoms with E-state index in [4.69, 9.17) is 8.22 Å². The highest BCUT2D eigenvalue weighted by atomic mass is 28.3. The van der Waals surface area contributed by atoms with Crippen LogP contribution in [0.25, 0.3) is 93.6 Å². The summed E-state index contributed by atoms with van der Waals surface area (Å²) >= 11 is 0. The fourth-order valence-electron chi connectivity index (χ4n) is 11.3. The van der Waals surface area contributed by atoms with E-state index in [0.29, 0.717) is 5.69 Å². The molecule has 14 aromatic rings. The molecule has 0 amide bonds. The number of benzene rings is 11. The zero-order valence-corrected chi connectivity index (χ0v) is 38.7. The number of nitrogens with zero attached hydrogens (tertiary/aromatic N) is 3. The van der Waals surface area contributed by atoms with E-state index in [2.05, 4.69) is 197 Å². The first-order valence-corrected chi connectivity index (χ1v) is 25.5. The Morgan fingerprint density at radius 1 is 0.286 bits per heavy atom. The number of aromatic nitrogens is 3. The van der Waals surface area contributed by atoms with E-state index in [1.165, 1.54) is 31.5 Å². The molecule has 0 saturated carbocycles. The Kier molecular flexibility index (Phi) is 7.51. The third-order valence-corrected chi connectivity index (χ3v) is 19.0. The Morgan fingerprint density at radius 2 is 0.714 bits per heavy atom. The summed E-state index contributed by atoms with van der Waals surface area (Å²) in [6.45, 7) is 0. The molecule has 0 aliphatic rings. The molecule has 0 aliphatic heterocycles. The third kappa shape index (κ3) is 6.00. The van der Waals surface area contributed by atoms with Crippen molar-refractivity contribution in [3.63, 3.8) is 0 Å². The molecule has 0 radical (unpaired) electrons. The first-order valence-electron chi connectivity index (χ1n) is 27.5. The summed E-state index contributed by atoms with van der Waals surface area (Å²) in [5.74, 6) is 0. The normalized spacial score (nSPS) is 13.6. The van der Waals surface area contributed by atoms with Crippen LogP contribution in [-0.2, 0) is 0 Å². The van der Waals surface area contributed by atoms with Gasteiger partial charge in [0.15, 0.2) is 8.07 Å². The highest BCUT2D eigenvalue weighted by molar-refractivity contribution is 7.20. The number of fused-ring (bicyclic) bond motifs is 9. The molecule has 14 rings (SSSR count). The second-order valence-electron chi connectivity index (χ2n) is 17.8. The Hall–Kier alpha value is -8.96. The maximum Gasteiger partial charge on any atom is 0.179 e. The van der Waals surface area contributed by atoms with E-state index in [0.717, 1.165) is 55.3 Å². The number of para-hydroxylation sites is 4. The lowest BCUT2D eigenvalue weighted by Gasteiger charge is -2.35. The van der Waals surface area contributed by atoms with Crippen molar-refractivity contribution in [2.24, 2.45) is 0 Å². The predicted octanol–water partition coefficient (Wildman–Crippen LogP) is 14.0. The predicted molar refractivity (Wildman–Crippen MR) is 299 cm³/mol. The Morgan fingerprint density at radius 3 is 1.30 bits per heavy atom. The topological polar surface area (TPSA) is 14.8 Å². The third-order valence-electron chi connectivity index (χ3n) is 14.2. The lowest BCUT2D eigenvalue weighted by molar-refractivity contribution is 1.17. The fraction of sp³-hybridized carbons (Fsp3) is 0. The summed E-state index contributed by atoms with van der Waals surface area (Å²) in [7, 11) is -3.21. The molecular weight excluding hydrogens is 863 g/mol. The minimum Gasteiger partial charge on any atom is -0.309 e. The second-order valence-corrected chi connectivity index (χ2v) is 21.6. The second kappa shape index (κ2) is 16.1. The number of hydrogen-bond donors (Lipinski definition) is 0. The van der Waals surface area contributed by atoms with E-state index in [1.807, 2.05) is 36.4 Å². The van der Waals surface area contributed by atoms with Gasteiger partial charge in [0.05, 0.1) is 44.1 Å². The van der Waals surface area contributed by atoms with Gasteiger partial charge < -0.3 is 13.7 Å². The van der Waals surface area contributed by atoms with Crippen LogP contribution in [-0.4, -0.2) is 21.8 Å². The zero-order valence-electron chi connectivity index (χ0n) is 45.7.